The monoisotopic (exact) mass is 111 g/mol. The van der Waals surface area contributed by atoms with Crippen LogP contribution in [0.4, 0.5) is 0 Å². The molecule has 0 aromatic rings. The molecule has 2 heteroatoms. The molecule has 0 bridgehead atoms. The van der Waals surface area contributed by atoms with Crippen molar-refractivity contribution in [1.82, 2.24) is 0 Å². The summed E-state index contributed by atoms with van der Waals surface area (Å²) in [5.74, 6) is 3.55. The van der Waals surface area contributed by atoms with Crippen molar-refractivity contribution in [2.75, 3.05) is 12.3 Å². The fraction of sp³-hybridized carbons (Fsp3) is 0.400. The van der Waals surface area contributed by atoms with Crippen molar-refractivity contribution < 1.29 is 0 Å². The van der Waals surface area contributed by atoms with Crippen molar-refractivity contribution in [2.45, 2.75) is 0 Å². The molecule has 0 N–H and O–H groups in total. The molecule has 1 nitrogen and oxygen atoms in total. The lowest BCUT2D eigenvalue weighted by atomic mass is 10.7. The maximum Gasteiger partial charge on any atom is 0.141 e. The summed E-state index contributed by atoms with van der Waals surface area (Å²) in [5, 5.41) is 0.861. The first-order valence-corrected chi connectivity index (χ1v) is 3.06. The Balaban J connectivity index is 2.57. The second kappa shape index (κ2) is 2.04. The molecule has 1 aliphatic rings. The largest absolute Gasteiger partial charge is 0.269 e. The van der Waals surface area contributed by atoms with E-state index in [4.69, 9.17) is 6.42 Å². The molecular formula is C5H5NS. The third-order valence-electron chi connectivity index (χ3n) is 0.709. The Labute approximate surface area is 47.2 Å². The molecule has 0 spiro atoms. The van der Waals surface area contributed by atoms with Gasteiger partial charge in [0, 0.05) is 5.75 Å². The molecule has 36 valence electrons. The second-order valence-electron chi connectivity index (χ2n) is 1.18. The average Bonchev–Trinajstić information content (AvgIpc) is 2.14. The third-order valence-corrected chi connectivity index (χ3v) is 1.62. The van der Waals surface area contributed by atoms with E-state index >= 15 is 0 Å². The van der Waals surface area contributed by atoms with E-state index in [1.165, 1.54) is 0 Å². The SMILES string of the molecule is C#CC1=NCCS1. The van der Waals surface area contributed by atoms with Gasteiger partial charge in [-0.15, -0.1) is 6.42 Å². The number of aliphatic imine (C=N–C) groups is 1. The van der Waals surface area contributed by atoms with Crippen molar-refractivity contribution in [1.29, 1.82) is 0 Å². The summed E-state index contributed by atoms with van der Waals surface area (Å²) in [4.78, 5) is 4.00. The number of hydrogen-bond donors (Lipinski definition) is 0. The fourth-order valence-electron chi connectivity index (χ4n) is 0.422. The standard InChI is InChI=1S/C5H5NS/c1-2-5-6-3-4-7-5/h1H,3-4H2. The molecule has 0 radical (unpaired) electrons. The molecule has 1 rings (SSSR count). The van der Waals surface area contributed by atoms with Crippen molar-refractivity contribution in [3.8, 4) is 12.3 Å². The average molecular weight is 111 g/mol. The van der Waals surface area contributed by atoms with E-state index in [9.17, 15) is 0 Å². The normalized spacial score (nSPS) is 18.4. The van der Waals surface area contributed by atoms with E-state index in [-0.39, 0.29) is 0 Å². The zero-order valence-corrected chi connectivity index (χ0v) is 4.66. The van der Waals surface area contributed by atoms with Gasteiger partial charge in [-0.25, -0.2) is 0 Å². The van der Waals surface area contributed by atoms with E-state index in [0.717, 1.165) is 17.3 Å². The molecule has 0 saturated heterocycles. The van der Waals surface area contributed by atoms with Crippen LogP contribution in [0.3, 0.4) is 0 Å². The molecule has 7 heavy (non-hydrogen) atoms. The minimum absolute atomic E-state index is 0.861. The van der Waals surface area contributed by atoms with Crippen LogP contribution in [-0.2, 0) is 0 Å². The van der Waals surface area contributed by atoms with Gasteiger partial charge in [-0.05, 0) is 5.92 Å². The summed E-state index contributed by atoms with van der Waals surface area (Å²) in [6, 6.07) is 0. The zero-order valence-electron chi connectivity index (χ0n) is 3.85. The van der Waals surface area contributed by atoms with Crippen LogP contribution >= 0.6 is 11.8 Å². The van der Waals surface area contributed by atoms with Crippen molar-refractivity contribution in [2.24, 2.45) is 4.99 Å². The van der Waals surface area contributed by atoms with Crippen molar-refractivity contribution in [3.63, 3.8) is 0 Å². The highest BCUT2D eigenvalue weighted by Gasteiger charge is 2.00. The lowest BCUT2D eigenvalue weighted by molar-refractivity contribution is 1.18. The second-order valence-corrected chi connectivity index (χ2v) is 2.26. The van der Waals surface area contributed by atoms with Gasteiger partial charge >= 0.3 is 0 Å². The quantitative estimate of drug-likeness (QED) is 0.420. The molecule has 0 fully saturated rings. The molecule has 0 saturated carbocycles. The van der Waals surface area contributed by atoms with Gasteiger partial charge in [-0.2, -0.15) is 0 Å². The number of thioether (sulfide) groups is 1. The number of terminal acetylenes is 1. The van der Waals surface area contributed by atoms with E-state index in [1.807, 2.05) is 0 Å². The van der Waals surface area contributed by atoms with Crippen LogP contribution < -0.4 is 0 Å². The minimum Gasteiger partial charge on any atom is -0.269 e. The number of hydrogen-bond acceptors (Lipinski definition) is 2. The summed E-state index contributed by atoms with van der Waals surface area (Å²) in [7, 11) is 0. The third kappa shape index (κ3) is 0.971. The van der Waals surface area contributed by atoms with Gasteiger partial charge in [0.2, 0.25) is 0 Å². The Bertz CT molecular complexity index is 132. The molecule has 0 amide bonds. The van der Waals surface area contributed by atoms with Gasteiger partial charge in [0.05, 0.1) is 6.54 Å². The fourth-order valence-corrected chi connectivity index (χ4v) is 1.06. The summed E-state index contributed by atoms with van der Waals surface area (Å²) in [6.45, 7) is 0.907. The number of nitrogens with zero attached hydrogens (tertiary/aromatic N) is 1. The maximum absolute atomic E-state index is 5.03. The lowest BCUT2D eigenvalue weighted by Crippen LogP contribution is -1.75. The highest BCUT2D eigenvalue weighted by atomic mass is 32.2. The highest BCUT2D eigenvalue weighted by Crippen LogP contribution is 2.09. The van der Waals surface area contributed by atoms with Crippen molar-refractivity contribution in [3.05, 3.63) is 0 Å². The van der Waals surface area contributed by atoms with E-state index in [2.05, 4.69) is 10.9 Å². The van der Waals surface area contributed by atoms with E-state index < -0.39 is 0 Å². The first kappa shape index (κ1) is 4.73. The molecule has 0 atom stereocenters. The highest BCUT2D eigenvalue weighted by molar-refractivity contribution is 8.14. The molecule has 0 unspecified atom stereocenters. The molecule has 1 heterocycles. The van der Waals surface area contributed by atoms with Gasteiger partial charge in [-0.3, -0.25) is 4.99 Å². The first-order chi connectivity index (χ1) is 3.43. The van der Waals surface area contributed by atoms with E-state index in [0.29, 0.717) is 0 Å². The molecule has 1 aliphatic heterocycles. The molecule has 0 aliphatic carbocycles. The zero-order chi connectivity index (χ0) is 5.11. The first-order valence-electron chi connectivity index (χ1n) is 2.07. The summed E-state index contributed by atoms with van der Waals surface area (Å²) in [6.07, 6.45) is 5.03. The van der Waals surface area contributed by atoms with Crippen LogP contribution in [0.2, 0.25) is 0 Å². The summed E-state index contributed by atoms with van der Waals surface area (Å²) >= 11 is 1.66. The summed E-state index contributed by atoms with van der Waals surface area (Å²) in [5.41, 5.74) is 0. The lowest BCUT2D eigenvalue weighted by Gasteiger charge is -1.76. The molecule has 0 aromatic carbocycles. The topological polar surface area (TPSA) is 12.4 Å². The van der Waals surface area contributed by atoms with Gasteiger partial charge in [0.15, 0.2) is 0 Å². The van der Waals surface area contributed by atoms with Crippen LogP contribution in [0.25, 0.3) is 0 Å². The van der Waals surface area contributed by atoms with Gasteiger partial charge < -0.3 is 0 Å². The smallest absolute Gasteiger partial charge is 0.141 e. The predicted molar refractivity (Wildman–Crippen MR) is 33.6 cm³/mol. The van der Waals surface area contributed by atoms with Crippen LogP contribution in [0.5, 0.6) is 0 Å². The molecule has 0 aromatic heterocycles. The summed E-state index contributed by atoms with van der Waals surface area (Å²) < 4.78 is 0. The van der Waals surface area contributed by atoms with Gasteiger partial charge in [0.25, 0.3) is 0 Å². The van der Waals surface area contributed by atoms with Crippen LogP contribution in [0.1, 0.15) is 0 Å². The van der Waals surface area contributed by atoms with Crippen LogP contribution in [-0.4, -0.2) is 17.3 Å². The van der Waals surface area contributed by atoms with Gasteiger partial charge in [0.1, 0.15) is 5.04 Å². The Morgan fingerprint density at radius 1 is 1.86 bits per heavy atom. The van der Waals surface area contributed by atoms with Crippen LogP contribution in [0.15, 0.2) is 4.99 Å². The number of rotatable bonds is 0. The van der Waals surface area contributed by atoms with E-state index in [1.54, 1.807) is 11.8 Å². The Morgan fingerprint density at radius 2 is 2.71 bits per heavy atom. The predicted octanol–water partition coefficient (Wildman–Crippen LogP) is 0.765. The Hall–Kier alpha value is -0.420. The Morgan fingerprint density at radius 3 is 3.00 bits per heavy atom. The van der Waals surface area contributed by atoms with Crippen molar-refractivity contribution >= 4 is 16.8 Å². The molecular weight excluding hydrogens is 106 g/mol. The van der Waals surface area contributed by atoms with Gasteiger partial charge in [-0.1, -0.05) is 11.8 Å². The Kier molecular flexibility index (Phi) is 1.38. The maximum atomic E-state index is 5.03. The minimum atomic E-state index is 0.861. The van der Waals surface area contributed by atoms with Crippen LogP contribution in [0, 0.1) is 12.3 Å².